The van der Waals surface area contributed by atoms with Gasteiger partial charge in [0.05, 0.1) is 22.7 Å². The van der Waals surface area contributed by atoms with Gasteiger partial charge in [-0.2, -0.15) is 4.31 Å². The van der Waals surface area contributed by atoms with Gasteiger partial charge in [0.2, 0.25) is 10.0 Å². The molecular weight excluding hydrogens is 539 g/mol. The van der Waals surface area contributed by atoms with Crippen molar-refractivity contribution < 1.29 is 16.8 Å². The smallest absolute Gasteiger partial charge is 0.273 e. The number of H-pyrrole nitrogens is 1. The summed E-state index contributed by atoms with van der Waals surface area (Å²) in [5, 5.41) is 3.48. The maximum absolute atomic E-state index is 13.1. The molecule has 13 heteroatoms. The van der Waals surface area contributed by atoms with Crippen LogP contribution in [0.1, 0.15) is 11.8 Å². The SMILES string of the molecule is CCS(=O)(=O)N1CCN(Cc2cnc(-c3cc4cccc(N(C)S(=O)(=O)c5cccs5)c4[nH]3)s2)CC1. The lowest BCUT2D eigenvalue weighted by molar-refractivity contribution is 0.183. The van der Waals surface area contributed by atoms with Crippen LogP contribution in [-0.4, -0.2) is 75.0 Å². The number of anilines is 1. The van der Waals surface area contributed by atoms with E-state index in [9.17, 15) is 16.8 Å². The molecule has 192 valence electrons. The molecule has 0 aliphatic carbocycles. The minimum Gasteiger partial charge on any atom is -0.351 e. The number of fused-ring (bicyclic) bond motifs is 1. The standard InChI is InChI=1S/C23H27N5O4S4/c1-3-35(29,30)28-11-9-27(10-12-28)16-18-15-24-23(34-18)19-14-17-6-4-7-20(22(17)25-19)26(2)36(31,32)21-8-5-13-33-21/h4-8,13-15,25H,3,9-12,16H2,1-2H3. The van der Waals surface area contributed by atoms with E-state index in [1.165, 1.54) is 15.6 Å². The summed E-state index contributed by atoms with van der Waals surface area (Å²) in [6.45, 7) is 4.78. The van der Waals surface area contributed by atoms with Gasteiger partial charge >= 0.3 is 0 Å². The summed E-state index contributed by atoms with van der Waals surface area (Å²) in [5.74, 6) is 0.132. The van der Waals surface area contributed by atoms with Crippen LogP contribution < -0.4 is 4.31 Å². The van der Waals surface area contributed by atoms with Gasteiger partial charge in [-0.1, -0.05) is 18.2 Å². The van der Waals surface area contributed by atoms with Crippen LogP contribution in [-0.2, 0) is 26.6 Å². The average Bonchev–Trinajstić information content (AvgIpc) is 3.64. The van der Waals surface area contributed by atoms with Crippen LogP contribution in [0.5, 0.6) is 0 Å². The van der Waals surface area contributed by atoms with Crippen LogP contribution in [0, 0.1) is 0 Å². The molecule has 3 aromatic heterocycles. The van der Waals surface area contributed by atoms with E-state index in [-0.39, 0.29) is 5.75 Å². The molecule has 0 bridgehead atoms. The number of nitrogens with one attached hydrogen (secondary N) is 1. The molecule has 0 spiro atoms. The Bertz CT molecular complexity index is 1570. The third-order valence-corrected chi connectivity index (χ3v) is 12.4. The van der Waals surface area contributed by atoms with Crippen LogP contribution in [0.25, 0.3) is 21.6 Å². The molecule has 1 aromatic carbocycles. The number of aromatic nitrogens is 2. The molecule has 1 fully saturated rings. The highest BCUT2D eigenvalue weighted by molar-refractivity contribution is 7.94. The van der Waals surface area contributed by atoms with Gasteiger partial charge in [-0.05, 0) is 30.5 Å². The predicted molar refractivity (Wildman–Crippen MR) is 146 cm³/mol. The van der Waals surface area contributed by atoms with Crippen molar-refractivity contribution in [1.29, 1.82) is 0 Å². The average molecular weight is 566 g/mol. The van der Waals surface area contributed by atoms with E-state index in [2.05, 4.69) is 14.9 Å². The monoisotopic (exact) mass is 565 g/mol. The molecular formula is C23H27N5O4S4. The number of benzene rings is 1. The van der Waals surface area contributed by atoms with Gasteiger partial charge in [0.25, 0.3) is 10.0 Å². The Morgan fingerprint density at radius 1 is 1.08 bits per heavy atom. The zero-order valence-corrected chi connectivity index (χ0v) is 23.2. The molecule has 0 amide bonds. The third-order valence-electron chi connectivity index (χ3n) is 6.34. The van der Waals surface area contributed by atoms with Gasteiger partial charge in [-0.15, -0.1) is 22.7 Å². The summed E-state index contributed by atoms with van der Waals surface area (Å²) in [4.78, 5) is 11.3. The van der Waals surface area contributed by atoms with Gasteiger partial charge in [-0.3, -0.25) is 9.21 Å². The van der Waals surface area contributed by atoms with Crippen molar-refractivity contribution in [3.8, 4) is 10.7 Å². The Labute approximate surface area is 219 Å². The molecule has 4 aromatic rings. The van der Waals surface area contributed by atoms with E-state index >= 15 is 0 Å². The summed E-state index contributed by atoms with van der Waals surface area (Å²) < 4.78 is 53.5. The molecule has 5 rings (SSSR count). The van der Waals surface area contributed by atoms with E-state index < -0.39 is 20.0 Å². The number of rotatable bonds is 8. The normalized spacial score (nSPS) is 16.1. The zero-order valence-electron chi connectivity index (χ0n) is 19.9. The highest BCUT2D eigenvalue weighted by Gasteiger charge is 2.26. The van der Waals surface area contributed by atoms with E-state index in [1.54, 1.807) is 53.2 Å². The number of hydrogen-bond acceptors (Lipinski definition) is 8. The minimum atomic E-state index is -3.65. The number of thiophene rings is 1. The molecule has 0 saturated carbocycles. The molecule has 1 aliphatic heterocycles. The molecule has 9 nitrogen and oxygen atoms in total. The molecule has 1 saturated heterocycles. The number of aromatic amines is 1. The van der Waals surface area contributed by atoms with E-state index in [0.29, 0.717) is 42.6 Å². The molecule has 0 radical (unpaired) electrons. The minimum absolute atomic E-state index is 0.132. The lowest BCUT2D eigenvalue weighted by Crippen LogP contribution is -2.48. The van der Waals surface area contributed by atoms with Gasteiger partial charge in [0.1, 0.15) is 9.22 Å². The molecule has 0 unspecified atom stereocenters. The molecule has 1 aliphatic rings. The molecule has 1 N–H and O–H groups in total. The lowest BCUT2D eigenvalue weighted by Gasteiger charge is -2.33. The summed E-state index contributed by atoms with van der Waals surface area (Å²) in [6, 6.07) is 10.9. The van der Waals surface area contributed by atoms with Crippen molar-refractivity contribution in [2.24, 2.45) is 0 Å². The molecule has 4 heterocycles. The zero-order chi connectivity index (χ0) is 25.5. The number of para-hydroxylation sites is 1. The van der Waals surface area contributed by atoms with Crippen molar-refractivity contribution >= 4 is 59.3 Å². The van der Waals surface area contributed by atoms with Crippen molar-refractivity contribution in [2.45, 2.75) is 17.7 Å². The van der Waals surface area contributed by atoms with Gasteiger partial charge in [-0.25, -0.2) is 21.8 Å². The van der Waals surface area contributed by atoms with Crippen LogP contribution in [0.3, 0.4) is 0 Å². The maximum atomic E-state index is 13.1. The highest BCUT2D eigenvalue weighted by atomic mass is 32.2. The van der Waals surface area contributed by atoms with E-state index in [1.807, 2.05) is 24.4 Å². The first-order chi connectivity index (χ1) is 17.2. The van der Waals surface area contributed by atoms with Crippen LogP contribution >= 0.6 is 22.7 Å². The van der Waals surface area contributed by atoms with Crippen LogP contribution in [0.4, 0.5) is 5.69 Å². The van der Waals surface area contributed by atoms with E-state index in [4.69, 9.17) is 0 Å². The van der Waals surface area contributed by atoms with Crippen LogP contribution in [0.2, 0.25) is 0 Å². The summed E-state index contributed by atoms with van der Waals surface area (Å²) in [7, 11) is -5.23. The third kappa shape index (κ3) is 4.83. The number of nitrogens with zero attached hydrogens (tertiary/aromatic N) is 4. The van der Waals surface area contributed by atoms with Crippen LogP contribution in [0.15, 0.2) is 52.2 Å². The molecule has 0 atom stereocenters. The van der Waals surface area contributed by atoms with Crippen molar-refractivity contribution in [1.82, 2.24) is 19.2 Å². The van der Waals surface area contributed by atoms with Crippen molar-refractivity contribution in [3.63, 3.8) is 0 Å². The fraction of sp³-hybridized carbons (Fsp3) is 0.348. The largest absolute Gasteiger partial charge is 0.351 e. The van der Waals surface area contributed by atoms with Gasteiger partial charge < -0.3 is 4.98 Å². The van der Waals surface area contributed by atoms with Crippen molar-refractivity contribution in [2.75, 3.05) is 43.3 Å². The summed E-state index contributed by atoms with van der Waals surface area (Å²) >= 11 is 2.77. The van der Waals surface area contributed by atoms with Gasteiger partial charge in [0.15, 0.2) is 0 Å². The number of thiazole rings is 1. The predicted octanol–water partition coefficient (Wildman–Crippen LogP) is 3.65. The Kier molecular flexibility index (Phi) is 6.96. The first kappa shape index (κ1) is 25.4. The summed E-state index contributed by atoms with van der Waals surface area (Å²) in [6.07, 6.45) is 1.86. The Hall–Kier alpha value is -2.29. The number of sulfonamides is 2. The Morgan fingerprint density at radius 3 is 2.56 bits per heavy atom. The first-order valence-corrected chi connectivity index (χ1v) is 16.2. The Balaban J connectivity index is 1.34. The summed E-state index contributed by atoms with van der Waals surface area (Å²) in [5.41, 5.74) is 2.14. The Morgan fingerprint density at radius 2 is 1.86 bits per heavy atom. The second-order valence-electron chi connectivity index (χ2n) is 8.54. The first-order valence-electron chi connectivity index (χ1n) is 11.5. The fourth-order valence-electron chi connectivity index (χ4n) is 4.27. The quantitative estimate of drug-likeness (QED) is 0.350. The lowest BCUT2D eigenvalue weighted by atomic mass is 10.2. The molecule has 36 heavy (non-hydrogen) atoms. The number of piperazine rings is 1. The fourth-order valence-corrected chi connectivity index (χ4v) is 8.65. The maximum Gasteiger partial charge on any atom is 0.273 e. The van der Waals surface area contributed by atoms with Gasteiger partial charge in [0, 0.05) is 56.2 Å². The highest BCUT2D eigenvalue weighted by Crippen LogP contribution is 2.35. The van der Waals surface area contributed by atoms with Crippen molar-refractivity contribution in [3.05, 3.63) is 52.9 Å². The van der Waals surface area contributed by atoms with E-state index in [0.717, 1.165) is 26.5 Å². The second kappa shape index (κ2) is 9.88. The topological polar surface area (TPSA) is 107 Å². The number of hydrogen-bond donors (Lipinski definition) is 1. The second-order valence-corrected chi connectivity index (χ2v) is 15.1.